The Bertz CT molecular complexity index is 1460. The van der Waals surface area contributed by atoms with Crippen molar-refractivity contribution in [1.82, 2.24) is 0 Å². The van der Waals surface area contributed by atoms with Crippen molar-refractivity contribution in [3.8, 4) is 16.9 Å². The van der Waals surface area contributed by atoms with E-state index in [2.05, 4.69) is 5.32 Å². The highest BCUT2D eigenvalue weighted by atomic mass is 35.5. The Morgan fingerprint density at radius 1 is 1.03 bits per heavy atom. The summed E-state index contributed by atoms with van der Waals surface area (Å²) in [5, 5.41) is 4.53. The highest BCUT2D eigenvalue weighted by Crippen LogP contribution is 2.40. The number of fused-ring (bicyclic) bond motifs is 1. The lowest BCUT2D eigenvalue weighted by atomic mass is 9.99. The van der Waals surface area contributed by atoms with Gasteiger partial charge in [0.25, 0.3) is 5.91 Å². The van der Waals surface area contributed by atoms with Crippen LogP contribution in [0.25, 0.3) is 27.7 Å². The Morgan fingerprint density at radius 3 is 2.50 bits per heavy atom. The van der Waals surface area contributed by atoms with Crippen molar-refractivity contribution in [2.45, 2.75) is 6.92 Å². The second kappa shape index (κ2) is 9.63. The molecule has 4 aromatic rings. The summed E-state index contributed by atoms with van der Waals surface area (Å²) < 4.78 is 11.3. The molecule has 0 unspecified atom stereocenters. The third-order valence-electron chi connectivity index (χ3n) is 5.34. The number of hydrogen-bond donors (Lipinski definition) is 2. The summed E-state index contributed by atoms with van der Waals surface area (Å²) in [5.74, 6) is -0.506. The van der Waals surface area contributed by atoms with Gasteiger partial charge < -0.3 is 20.2 Å². The van der Waals surface area contributed by atoms with Crippen molar-refractivity contribution < 1.29 is 18.7 Å². The zero-order valence-electron chi connectivity index (χ0n) is 18.3. The first-order valence-electron chi connectivity index (χ1n) is 10.2. The predicted octanol–water partition coefficient (Wildman–Crippen LogP) is 6.56. The molecule has 2 amide bonds. The van der Waals surface area contributed by atoms with Crippen LogP contribution in [-0.4, -0.2) is 18.9 Å². The van der Waals surface area contributed by atoms with Crippen LogP contribution in [0.15, 0.2) is 71.4 Å². The Hall–Kier alpha value is -3.74. The van der Waals surface area contributed by atoms with Crippen molar-refractivity contribution >= 4 is 57.2 Å². The average Bonchev–Trinajstić information content (AvgIpc) is 3.21. The molecule has 4 rings (SSSR count). The number of allylic oxidation sites excluding steroid dienone is 1. The maximum Gasteiger partial charge on any atom is 0.250 e. The number of amides is 2. The number of furan rings is 1. The van der Waals surface area contributed by atoms with Gasteiger partial charge in [0.2, 0.25) is 5.91 Å². The maximum absolute atomic E-state index is 12.7. The Balaban J connectivity index is 1.73. The molecule has 3 N–H and O–H groups in total. The topological polar surface area (TPSA) is 94.6 Å². The number of hydrogen-bond acceptors (Lipinski definition) is 4. The molecule has 0 aliphatic carbocycles. The molecule has 1 aromatic heterocycles. The first-order chi connectivity index (χ1) is 16.3. The number of para-hydroxylation sites is 1. The van der Waals surface area contributed by atoms with Crippen LogP contribution in [0.1, 0.15) is 22.8 Å². The van der Waals surface area contributed by atoms with Crippen molar-refractivity contribution in [3.05, 3.63) is 88.1 Å². The standard InChI is InChI=1S/C26H20Cl2N2O4/c1-14(9-25(31)30-22-6-4-3-5-17(22)26(29)32)18-11-19-20(13-34-24(19)12-23(18)33-2)16-8-7-15(27)10-21(16)28/h3-13H,1-2H3,(H2,29,32)(H,30,31)/b14-9+. The number of carbonyl (C=O) groups is 2. The molecule has 3 aromatic carbocycles. The number of nitrogens with two attached hydrogens (primary N) is 1. The number of nitrogens with one attached hydrogen (secondary N) is 1. The number of primary amides is 1. The van der Waals surface area contributed by atoms with Gasteiger partial charge in [0.05, 0.1) is 29.6 Å². The molecule has 34 heavy (non-hydrogen) atoms. The summed E-state index contributed by atoms with van der Waals surface area (Å²) in [6.45, 7) is 1.79. The van der Waals surface area contributed by atoms with Crippen molar-refractivity contribution in [3.63, 3.8) is 0 Å². The second-order valence-electron chi connectivity index (χ2n) is 7.55. The van der Waals surface area contributed by atoms with Crippen molar-refractivity contribution in [2.75, 3.05) is 12.4 Å². The van der Waals surface area contributed by atoms with Crippen LogP contribution in [0.2, 0.25) is 10.0 Å². The fourth-order valence-corrected chi connectivity index (χ4v) is 4.21. The fourth-order valence-electron chi connectivity index (χ4n) is 3.70. The third-order valence-corrected chi connectivity index (χ3v) is 5.89. The van der Waals surface area contributed by atoms with E-state index in [-0.39, 0.29) is 5.56 Å². The molecule has 1 heterocycles. The molecule has 0 atom stereocenters. The number of carbonyl (C=O) groups excluding carboxylic acids is 2. The van der Waals surface area contributed by atoms with Gasteiger partial charge in [0.1, 0.15) is 11.3 Å². The smallest absolute Gasteiger partial charge is 0.250 e. The summed E-state index contributed by atoms with van der Waals surface area (Å²) in [4.78, 5) is 24.4. The normalized spacial score (nSPS) is 11.5. The molecule has 0 aliphatic heterocycles. The van der Waals surface area contributed by atoms with Gasteiger partial charge in [-0.15, -0.1) is 0 Å². The van der Waals surface area contributed by atoms with Gasteiger partial charge in [-0.05, 0) is 42.8 Å². The van der Waals surface area contributed by atoms with Gasteiger partial charge in [-0.3, -0.25) is 9.59 Å². The third kappa shape index (κ3) is 4.64. The maximum atomic E-state index is 12.7. The van der Waals surface area contributed by atoms with Crippen molar-refractivity contribution in [1.29, 1.82) is 0 Å². The molecule has 0 radical (unpaired) electrons. The number of halogens is 2. The number of methoxy groups -OCH3 is 1. The van der Waals surface area contributed by atoms with E-state index in [0.717, 1.165) is 16.5 Å². The molecular formula is C26H20Cl2N2O4. The van der Waals surface area contributed by atoms with Gasteiger partial charge in [0.15, 0.2) is 0 Å². The van der Waals surface area contributed by atoms with Gasteiger partial charge in [-0.25, -0.2) is 0 Å². The fraction of sp³-hybridized carbons (Fsp3) is 0.0769. The van der Waals surface area contributed by atoms with Crippen LogP contribution >= 0.6 is 23.2 Å². The SMILES string of the molecule is COc1cc2occ(-c3ccc(Cl)cc3Cl)c2cc1/C(C)=C/C(=O)Nc1ccccc1C(N)=O. The number of anilines is 1. The van der Waals surface area contributed by atoms with Gasteiger partial charge in [0, 0.05) is 39.2 Å². The van der Waals surface area contributed by atoms with E-state index in [4.69, 9.17) is 38.1 Å². The zero-order chi connectivity index (χ0) is 24.4. The number of benzene rings is 3. The molecule has 0 saturated carbocycles. The van der Waals surface area contributed by atoms with Crippen LogP contribution in [0.5, 0.6) is 5.75 Å². The minimum absolute atomic E-state index is 0.226. The van der Waals surface area contributed by atoms with Crippen molar-refractivity contribution in [2.24, 2.45) is 5.73 Å². The van der Waals surface area contributed by atoms with E-state index in [1.807, 2.05) is 12.1 Å². The first kappa shape index (κ1) is 23.4. The minimum Gasteiger partial charge on any atom is -0.496 e. The molecule has 6 nitrogen and oxygen atoms in total. The Kier molecular flexibility index (Phi) is 6.63. The molecule has 172 valence electrons. The largest absolute Gasteiger partial charge is 0.496 e. The predicted molar refractivity (Wildman–Crippen MR) is 135 cm³/mol. The van der Waals surface area contributed by atoms with Gasteiger partial charge >= 0.3 is 0 Å². The summed E-state index contributed by atoms with van der Waals surface area (Å²) in [5.41, 5.74) is 9.45. The monoisotopic (exact) mass is 494 g/mol. The van der Waals surface area contributed by atoms with E-state index in [1.54, 1.807) is 62.8 Å². The minimum atomic E-state index is -0.628. The summed E-state index contributed by atoms with van der Waals surface area (Å²) in [6, 6.07) is 15.4. The lowest BCUT2D eigenvalue weighted by molar-refractivity contribution is -0.111. The molecule has 0 saturated heterocycles. The van der Waals surface area contributed by atoms with Gasteiger partial charge in [-0.2, -0.15) is 0 Å². The number of rotatable bonds is 6. The summed E-state index contributed by atoms with van der Waals surface area (Å²) in [6.07, 6.45) is 3.05. The summed E-state index contributed by atoms with van der Waals surface area (Å²) in [7, 11) is 1.54. The molecule has 8 heteroatoms. The van der Waals surface area contributed by atoms with E-state index < -0.39 is 11.8 Å². The lowest BCUT2D eigenvalue weighted by Crippen LogP contribution is -2.17. The molecule has 0 aliphatic rings. The van der Waals surface area contributed by atoms with E-state index in [0.29, 0.717) is 38.2 Å². The molecule has 0 bridgehead atoms. The zero-order valence-corrected chi connectivity index (χ0v) is 19.8. The Morgan fingerprint density at radius 2 is 1.79 bits per heavy atom. The highest BCUT2D eigenvalue weighted by molar-refractivity contribution is 6.36. The highest BCUT2D eigenvalue weighted by Gasteiger charge is 2.17. The number of ether oxygens (including phenoxy) is 1. The van der Waals surface area contributed by atoms with Crippen LogP contribution in [0.3, 0.4) is 0 Å². The van der Waals surface area contributed by atoms with E-state index in [9.17, 15) is 9.59 Å². The van der Waals surface area contributed by atoms with E-state index >= 15 is 0 Å². The average molecular weight is 495 g/mol. The van der Waals surface area contributed by atoms with Gasteiger partial charge in [-0.1, -0.05) is 41.4 Å². The lowest BCUT2D eigenvalue weighted by Gasteiger charge is -2.11. The van der Waals surface area contributed by atoms with Crippen LogP contribution in [0.4, 0.5) is 5.69 Å². The quantitative estimate of drug-likeness (QED) is 0.297. The molecular weight excluding hydrogens is 475 g/mol. The van der Waals surface area contributed by atoms with E-state index in [1.165, 1.54) is 6.08 Å². The van der Waals surface area contributed by atoms with Crippen LogP contribution in [0, 0.1) is 0 Å². The second-order valence-corrected chi connectivity index (χ2v) is 8.39. The Labute approximate surface area is 205 Å². The summed E-state index contributed by atoms with van der Waals surface area (Å²) >= 11 is 12.5. The first-order valence-corrected chi connectivity index (χ1v) is 11.0. The molecule has 0 fully saturated rings. The van der Waals surface area contributed by atoms with Crippen LogP contribution in [-0.2, 0) is 4.79 Å². The molecule has 0 spiro atoms. The van der Waals surface area contributed by atoms with Crippen LogP contribution < -0.4 is 15.8 Å².